The highest BCUT2D eigenvalue weighted by atomic mass is 16.5. The first kappa shape index (κ1) is 31.5. The fourth-order valence-corrected chi connectivity index (χ4v) is 4.50. The largest absolute Gasteiger partial charge is 0.507 e. The number of benzene rings is 1. The molecule has 0 aliphatic heterocycles. The number of aryl methyl sites for hydroxylation is 1. The molecule has 3 nitrogen and oxygen atoms in total. The number of aromatic hydroxyl groups is 1. The van der Waals surface area contributed by atoms with E-state index in [9.17, 15) is 9.90 Å². The van der Waals surface area contributed by atoms with E-state index in [1.54, 1.807) is 0 Å². The topological polar surface area (TPSA) is 46.5 Å². The van der Waals surface area contributed by atoms with Gasteiger partial charge in [0, 0.05) is 6.42 Å². The van der Waals surface area contributed by atoms with Crippen LogP contribution >= 0.6 is 0 Å². The third kappa shape index (κ3) is 13.4. The molecule has 0 aromatic heterocycles. The van der Waals surface area contributed by atoms with E-state index < -0.39 is 0 Å². The molecule has 0 aliphatic carbocycles. The number of unbranched alkanes of at least 4 members (excludes halogenated alkanes) is 12. The Kier molecular flexibility index (Phi) is 14.7. The molecule has 35 heavy (non-hydrogen) atoms. The molecule has 0 aliphatic rings. The normalized spacial score (nSPS) is 12.2. The van der Waals surface area contributed by atoms with Gasteiger partial charge in [0.2, 0.25) is 0 Å². The summed E-state index contributed by atoms with van der Waals surface area (Å²) >= 11 is 0. The molecule has 0 saturated carbocycles. The number of carbonyl (C=O) groups excluding carboxylic acids is 1. The predicted molar refractivity (Wildman–Crippen MR) is 150 cm³/mol. The van der Waals surface area contributed by atoms with Crippen LogP contribution in [0.25, 0.3) is 0 Å². The van der Waals surface area contributed by atoms with Gasteiger partial charge >= 0.3 is 5.97 Å². The molecule has 0 heterocycles. The molecule has 0 atom stereocenters. The van der Waals surface area contributed by atoms with E-state index in [1.165, 1.54) is 76.2 Å². The summed E-state index contributed by atoms with van der Waals surface area (Å²) < 4.78 is 5.48. The van der Waals surface area contributed by atoms with E-state index >= 15 is 0 Å². The molecule has 1 aromatic carbocycles. The Morgan fingerprint density at radius 2 is 1.23 bits per heavy atom. The third-order valence-electron chi connectivity index (χ3n) is 6.97. The van der Waals surface area contributed by atoms with Gasteiger partial charge in [-0.25, -0.2) is 0 Å². The van der Waals surface area contributed by atoms with Crippen LogP contribution in [0.3, 0.4) is 0 Å². The lowest BCUT2D eigenvalue weighted by Crippen LogP contribution is -2.18. The maximum Gasteiger partial charge on any atom is 0.306 e. The van der Waals surface area contributed by atoms with E-state index in [-0.39, 0.29) is 16.8 Å². The van der Waals surface area contributed by atoms with Crippen molar-refractivity contribution in [1.29, 1.82) is 0 Å². The van der Waals surface area contributed by atoms with Gasteiger partial charge in [-0.15, -0.1) is 0 Å². The lowest BCUT2D eigenvalue weighted by Gasteiger charge is -2.27. The number of rotatable bonds is 17. The lowest BCUT2D eigenvalue weighted by atomic mass is 9.78. The van der Waals surface area contributed by atoms with Crippen LogP contribution in [0.5, 0.6) is 5.75 Å². The van der Waals surface area contributed by atoms with Crippen molar-refractivity contribution in [1.82, 2.24) is 0 Å². The monoisotopic (exact) mass is 488 g/mol. The molecule has 3 heteroatoms. The van der Waals surface area contributed by atoms with E-state index in [2.05, 4.69) is 60.6 Å². The Morgan fingerprint density at radius 1 is 0.743 bits per heavy atom. The van der Waals surface area contributed by atoms with Crippen LogP contribution in [-0.2, 0) is 26.8 Å². The quantitative estimate of drug-likeness (QED) is 0.175. The van der Waals surface area contributed by atoms with E-state index in [4.69, 9.17) is 4.74 Å². The molecule has 1 aromatic rings. The molecule has 0 bridgehead atoms. The predicted octanol–water partition coefficient (Wildman–Crippen LogP) is 9.55. The van der Waals surface area contributed by atoms with Gasteiger partial charge in [0.25, 0.3) is 0 Å². The van der Waals surface area contributed by atoms with Crippen LogP contribution in [0.15, 0.2) is 12.1 Å². The van der Waals surface area contributed by atoms with Crippen LogP contribution in [-0.4, -0.2) is 17.7 Å². The first-order valence-electron chi connectivity index (χ1n) is 14.5. The zero-order chi connectivity index (χ0) is 26.3. The summed E-state index contributed by atoms with van der Waals surface area (Å²) in [5, 5.41) is 10.9. The second-order valence-corrected chi connectivity index (χ2v) is 12.5. The fourth-order valence-electron chi connectivity index (χ4n) is 4.50. The van der Waals surface area contributed by atoms with Gasteiger partial charge in [0.05, 0.1) is 6.61 Å². The summed E-state index contributed by atoms with van der Waals surface area (Å²) in [6.45, 7) is 15.7. The van der Waals surface area contributed by atoms with Crippen molar-refractivity contribution in [2.45, 2.75) is 156 Å². The zero-order valence-electron chi connectivity index (χ0n) is 24.2. The minimum atomic E-state index is -0.165. The maximum atomic E-state index is 12.3. The van der Waals surface area contributed by atoms with Crippen LogP contribution in [0.1, 0.15) is 155 Å². The summed E-state index contributed by atoms with van der Waals surface area (Å²) in [6, 6.07) is 4.18. The second kappa shape index (κ2) is 16.3. The number of phenolic OH excluding ortho intramolecular Hbond substituents is 1. The van der Waals surface area contributed by atoms with Gasteiger partial charge in [-0.05, 0) is 40.4 Å². The Labute approximate surface area is 217 Å². The third-order valence-corrected chi connectivity index (χ3v) is 6.97. The Bertz CT molecular complexity index is 722. The van der Waals surface area contributed by atoms with Crippen LogP contribution in [0.4, 0.5) is 0 Å². The van der Waals surface area contributed by atoms with E-state index in [1.807, 2.05) is 0 Å². The molecule has 0 unspecified atom stereocenters. The molecule has 0 spiro atoms. The van der Waals surface area contributed by atoms with Gasteiger partial charge < -0.3 is 9.84 Å². The summed E-state index contributed by atoms with van der Waals surface area (Å²) in [7, 11) is 0. The first-order chi connectivity index (χ1) is 16.5. The van der Waals surface area contributed by atoms with Crippen molar-refractivity contribution in [3.05, 3.63) is 28.8 Å². The highest BCUT2D eigenvalue weighted by Crippen LogP contribution is 2.38. The van der Waals surface area contributed by atoms with Crippen molar-refractivity contribution >= 4 is 5.97 Å². The van der Waals surface area contributed by atoms with Crippen LogP contribution in [0.2, 0.25) is 0 Å². The smallest absolute Gasteiger partial charge is 0.306 e. The molecular weight excluding hydrogens is 432 g/mol. The summed E-state index contributed by atoms with van der Waals surface area (Å²) in [4.78, 5) is 12.3. The molecule has 0 amide bonds. The van der Waals surface area contributed by atoms with Crippen LogP contribution in [0, 0.1) is 0 Å². The average Bonchev–Trinajstić information content (AvgIpc) is 2.77. The molecular formula is C32H56O3. The number of carbonyl (C=O) groups is 1. The van der Waals surface area contributed by atoms with Crippen LogP contribution < -0.4 is 0 Å². The van der Waals surface area contributed by atoms with Gasteiger partial charge in [0.1, 0.15) is 5.75 Å². The SMILES string of the molecule is CCCCCCCCCCCCCCCOC(=O)CCc1cc(C(C)(C)C)cc(C(C)(C)C)c1O. The number of esters is 1. The minimum absolute atomic E-state index is 0.0167. The standard InChI is InChI=1S/C32H56O3/c1-8-9-10-11-12-13-14-15-16-17-18-19-20-23-35-29(33)22-21-26-24-27(31(2,3)4)25-28(30(26)34)32(5,6)7/h24-25,34H,8-23H2,1-7H3. The van der Waals surface area contributed by atoms with Gasteiger partial charge in [-0.2, -0.15) is 0 Å². The van der Waals surface area contributed by atoms with E-state index in [0.29, 0.717) is 25.2 Å². The van der Waals surface area contributed by atoms with E-state index in [0.717, 1.165) is 24.0 Å². The maximum absolute atomic E-state index is 12.3. The van der Waals surface area contributed by atoms with Crippen molar-refractivity contribution in [3.63, 3.8) is 0 Å². The first-order valence-corrected chi connectivity index (χ1v) is 14.5. The van der Waals surface area contributed by atoms with Crippen molar-refractivity contribution in [3.8, 4) is 5.75 Å². The molecule has 1 N–H and O–H groups in total. The van der Waals surface area contributed by atoms with Gasteiger partial charge in [-0.3, -0.25) is 4.79 Å². The zero-order valence-corrected chi connectivity index (χ0v) is 24.2. The summed E-state index contributed by atoms with van der Waals surface area (Å²) in [6.07, 6.45) is 17.9. The summed E-state index contributed by atoms with van der Waals surface area (Å²) in [5.74, 6) is 0.164. The minimum Gasteiger partial charge on any atom is -0.507 e. The van der Waals surface area contributed by atoms with Crippen molar-refractivity contribution in [2.24, 2.45) is 0 Å². The Hall–Kier alpha value is -1.51. The molecule has 0 fully saturated rings. The fraction of sp³-hybridized carbons (Fsp3) is 0.781. The second-order valence-electron chi connectivity index (χ2n) is 12.5. The molecule has 1 rings (SSSR count). The Balaban J connectivity index is 2.25. The summed E-state index contributed by atoms with van der Waals surface area (Å²) in [5.41, 5.74) is 2.81. The number of phenols is 1. The van der Waals surface area contributed by atoms with Crippen molar-refractivity contribution < 1.29 is 14.6 Å². The van der Waals surface area contributed by atoms with Crippen molar-refractivity contribution in [2.75, 3.05) is 6.61 Å². The lowest BCUT2D eigenvalue weighted by molar-refractivity contribution is -0.143. The average molecular weight is 489 g/mol. The highest BCUT2D eigenvalue weighted by Gasteiger charge is 2.25. The highest BCUT2D eigenvalue weighted by molar-refractivity contribution is 5.70. The number of hydrogen-bond acceptors (Lipinski definition) is 3. The van der Waals surface area contributed by atoms with Gasteiger partial charge in [-0.1, -0.05) is 138 Å². The number of ether oxygens (including phenoxy) is 1. The molecule has 202 valence electrons. The number of hydrogen-bond donors (Lipinski definition) is 1. The molecule has 0 radical (unpaired) electrons. The van der Waals surface area contributed by atoms with Gasteiger partial charge in [0.15, 0.2) is 0 Å². The molecule has 0 saturated heterocycles. The Morgan fingerprint density at radius 3 is 1.69 bits per heavy atom.